The van der Waals surface area contributed by atoms with Gasteiger partial charge in [0.15, 0.2) is 5.78 Å². The predicted octanol–water partition coefficient (Wildman–Crippen LogP) is 0.442. The van der Waals surface area contributed by atoms with Gasteiger partial charge in [0.1, 0.15) is 0 Å². The third kappa shape index (κ3) is 1.57. The molecule has 3 rings (SSSR count). The topological polar surface area (TPSA) is 55.3 Å². The summed E-state index contributed by atoms with van der Waals surface area (Å²) < 4.78 is 5.28. The molecular formula is C11H13N3O2. The lowest BCUT2D eigenvalue weighted by atomic mass is 10.2. The Morgan fingerprint density at radius 3 is 2.88 bits per heavy atom. The van der Waals surface area contributed by atoms with E-state index in [1.165, 1.54) is 0 Å². The van der Waals surface area contributed by atoms with Crippen LogP contribution in [0.3, 0.4) is 0 Å². The standard InChI is InChI=1S/C11H13N3O2/c15-10-2-1-9-8(10)7-12-11(13-9)14-3-5-16-6-4-14/h7H,1-6H2. The molecule has 1 aromatic heterocycles. The van der Waals surface area contributed by atoms with Crippen molar-refractivity contribution in [1.82, 2.24) is 9.97 Å². The third-order valence-electron chi connectivity index (χ3n) is 3.04. The van der Waals surface area contributed by atoms with E-state index >= 15 is 0 Å². The number of morpholine rings is 1. The van der Waals surface area contributed by atoms with Gasteiger partial charge in [-0.3, -0.25) is 4.79 Å². The van der Waals surface area contributed by atoms with Gasteiger partial charge in [0, 0.05) is 25.7 Å². The van der Waals surface area contributed by atoms with E-state index in [1.807, 2.05) is 0 Å². The van der Waals surface area contributed by atoms with Gasteiger partial charge in [0.05, 0.1) is 24.5 Å². The molecule has 1 saturated heterocycles. The minimum Gasteiger partial charge on any atom is -0.378 e. The van der Waals surface area contributed by atoms with Crippen molar-refractivity contribution in [2.24, 2.45) is 0 Å². The van der Waals surface area contributed by atoms with Crippen LogP contribution in [0.5, 0.6) is 0 Å². The first-order valence-corrected chi connectivity index (χ1v) is 5.56. The number of Topliss-reactive ketones (excluding diaryl/α,β-unsaturated/α-hetero) is 1. The zero-order chi connectivity index (χ0) is 11.0. The molecule has 5 heteroatoms. The fourth-order valence-electron chi connectivity index (χ4n) is 2.11. The molecule has 0 spiro atoms. The summed E-state index contributed by atoms with van der Waals surface area (Å²) >= 11 is 0. The summed E-state index contributed by atoms with van der Waals surface area (Å²) in [7, 11) is 0. The Balaban J connectivity index is 1.89. The normalized spacial score (nSPS) is 20.0. The average molecular weight is 219 g/mol. The van der Waals surface area contributed by atoms with Gasteiger partial charge < -0.3 is 9.64 Å². The number of anilines is 1. The van der Waals surface area contributed by atoms with E-state index in [1.54, 1.807) is 6.20 Å². The molecule has 16 heavy (non-hydrogen) atoms. The molecule has 84 valence electrons. The van der Waals surface area contributed by atoms with Crippen molar-refractivity contribution in [2.75, 3.05) is 31.2 Å². The number of nitrogens with zero attached hydrogens (tertiary/aromatic N) is 3. The van der Waals surface area contributed by atoms with Crippen LogP contribution in [-0.4, -0.2) is 42.1 Å². The van der Waals surface area contributed by atoms with Gasteiger partial charge >= 0.3 is 0 Å². The lowest BCUT2D eigenvalue weighted by Gasteiger charge is -2.26. The molecule has 0 N–H and O–H groups in total. The second-order valence-electron chi connectivity index (χ2n) is 4.05. The van der Waals surface area contributed by atoms with Gasteiger partial charge in [-0.2, -0.15) is 0 Å². The molecule has 1 aromatic rings. The van der Waals surface area contributed by atoms with Crippen LogP contribution in [0.1, 0.15) is 22.5 Å². The Kier molecular flexibility index (Phi) is 2.32. The second kappa shape index (κ2) is 3.83. The van der Waals surface area contributed by atoms with Gasteiger partial charge in [-0.05, 0) is 6.42 Å². The van der Waals surface area contributed by atoms with Crippen molar-refractivity contribution < 1.29 is 9.53 Å². The average Bonchev–Trinajstić information content (AvgIpc) is 2.72. The quantitative estimate of drug-likeness (QED) is 0.686. The minimum absolute atomic E-state index is 0.170. The predicted molar refractivity (Wildman–Crippen MR) is 57.7 cm³/mol. The van der Waals surface area contributed by atoms with Crippen LogP contribution in [0.25, 0.3) is 0 Å². The summed E-state index contributed by atoms with van der Waals surface area (Å²) in [5.41, 5.74) is 1.61. The first kappa shape index (κ1) is 9.72. The van der Waals surface area contributed by atoms with Crippen molar-refractivity contribution in [3.05, 3.63) is 17.5 Å². The van der Waals surface area contributed by atoms with Crippen molar-refractivity contribution in [1.29, 1.82) is 0 Å². The molecule has 1 aliphatic heterocycles. The number of ketones is 1. The number of hydrogen-bond donors (Lipinski definition) is 0. The fraction of sp³-hybridized carbons (Fsp3) is 0.545. The summed E-state index contributed by atoms with van der Waals surface area (Å²) in [5, 5.41) is 0. The van der Waals surface area contributed by atoms with Gasteiger partial charge in [-0.15, -0.1) is 0 Å². The second-order valence-corrected chi connectivity index (χ2v) is 4.05. The van der Waals surface area contributed by atoms with Crippen LogP contribution in [0.15, 0.2) is 6.20 Å². The van der Waals surface area contributed by atoms with Crippen molar-refractivity contribution in [3.63, 3.8) is 0 Å². The molecule has 0 saturated carbocycles. The van der Waals surface area contributed by atoms with E-state index in [0.29, 0.717) is 12.0 Å². The van der Waals surface area contributed by atoms with Crippen molar-refractivity contribution in [3.8, 4) is 0 Å². The van der Waals surface area contributed by atoms with E-state index in [0.717, 1.165) is 44.4 Å². The Labute approximate surface area is 93.4 Å². The lowest BCUT2D eigenvalue weighted by Crippen LogP contribution is -2.37. The van der Waals surface area contributed by atoms with Crippen LogP contribution in [-0.2, 0) is 11.2 Å². The number of hydrogen-bond acceptors (Lipinski definition) is 5. The highest BCUT2D eigenvalue weighted by Crippen LogP contribution is 2.21. The molecule has 0 amide bonds. The van der Waals surface area contributed by atoms with Gasteiger partial charge in [0.25, 0.3) is 0 Å². The smallest absolute Gasteiger partial charge is 0.225 e. The molecule has 2 heterocycles. The first-order valence-electron chi connectivity index (χ1n) is 5.56. The number of aryl methyl sites for hydroxylation is 1. The molecule has 0 atom stereocenters. The molecule has 0 radical (unpaired) electrons. The number of rotatable bonds is 1. The fourth-order valence-corrected chi connectivity index (χ4v) is 2.11. The molecule has 2 aliphatic rings. The Morgan fingerprint density at radius 2 is 2.06 bits per heavy atom. The molecule has 1 fully saturated rings. The van der Waals surface area contributed by atoms with Crippen LogP contribution >= 0.6 is 0 Å². The zero-order valence-corrected chi connectivity index (χ0v) is 8.98. The molecule has 1 aliphatic carbocycles. The summed E-state index contributed by atoms with van der Waals surface area (Å²) in [5.74, 6) is 0.903. The van der Waals surface area contributed by atoms with E-state index in [2.05, 4.69) is 14.9 Å². The van der Waals surface area contributed by atoms with E-state index < -0.39 is 0 Å². The zero-order valence-electron chi connectivity index (χ0n) is 8.98. The van der Waals surface area contributed by atoms with Crippen molar-refractivity contribution in [2.45, 2.75) is 12.8 Å². The maximum absolute atomic E-state index is 11.4. The molecule has 5 nitrogen and oxygen atoms in total. The number of aromatic nitrogens is 2. The number of fused-ring (bicyclic) bond motifs is 1. The van der Waals surface area contributed by atoms with Gasteiger partial charge in [-0.1, -0.05) is 0 Å². The maximum atomic E-state index is 11.4. The number of carbonyl (C=O) groups is 1. The Bertz CT molecular complexity index is 427. The molecule has 0 bridgehead atoms. The largest absolute Gasteiger partial charge is 0.378 e. The molecule has 0 aromatic carbocycles. The minimum atomic E-state index is 0.170. The number of carbonyl (C=O) groups excluding carboxylic acids is 1. The van der Waals surface area contributed by atoms with Crippen LogP contribution in [0, 0.1) is 0 Å². The lowest BCUT2D eigenvalue weighted by molar-refractivity contribution is 0.0994. The highest BCUT2D eigenvalue weighted by atomic mass is 16.5. The van der Waals surface area contributed by atoms with Crippen LogP contribution < -0.4 is 4.90 Å². The van der Waals surface area contributed by atoms with Crippen LogP contribution in [0.4, 0.5) is 5.95 Å². The Morgan fingerprint density at radius 1 is 1.25 bits per heavy atom. The summed E-state index contributed by atoms with van der Waals surface area (Å²) in [4.78, 5) is 22.3. The SMILES string of the molecule is O=C1CCc2nc(N3CCOCC3)ncc21. The highest BCUT2D eigenvalue weighted by Gasteiger charge is 2.23. The summed E-state index contributed by atoms with van der Waals surface area (Å²) in [6.07, 6.45) is 3.01. The monoisotopic (exact) mass is 219 g/mol. The van der Waals surface area contributed by atoms with Crippen molar-refractivity contribution >= 4 is 11.7 Å². The van der Waals surface area contributed by atoms with Crippen LogP contribution in [0.2, 0.25) is 0 Å². The molecular weight excluding hydrogens is 206 g/mol. The summed E-state index contributed by atoms with van der Waals surface area (Å²) in [6.45, 7) is 3.10. The van der Waals surface area contributed by atoms with E-state index in [9.17, 15) is 4.79 Å². The van der Waals surface area contributed by atoms with Gasteiger partial charge in [-0.25, -0.2) is 9.97 Å². The summed E-state index contributed by atoms with van der Waals surface area (Å²) in [6, 6.07) is 0. The van der Waals surface area contributed by atoms with Gasteiger partial charge in [0.2, 0.25) is 5.95 Å². The molecule has 0 unspecified atom stereocenters. The number of ether oxygens (including phenoxy) is 1. The first-order chi connectivity index (χ1) is 7.84. The van der Waals surface area contributed by atoms with E-state index in [4.69, 9.17) is 4.74 Å². The van der Waals surface area contributed by atoms with E-state index in [-0.39, 0.29) is 5.78 Å². The third-order valence-corrected chi connectivity index (χ3v) is 3.04. The maximum Gasteiger partial charge on any atom is 0.225 e. The Hall–Kier alpha value is -1.49. The highest BCUT2D eigenvalue weighted by molar-refractivity contribution is 5.99.